The van der Waals surface area contributed by atoms with Crippen LogP contribution in [0.3, 0.4) is 0 Å². The first-order chi connectivity index (χ1) is 14.9. The van der Waals surface area contributed by atoms with Crippen LogP contribution in [0, 0.1) is 6.92 Å². The highest BCUT2D eigenvalue weighted by Crippen LogP contribution is 2.29. The van der Waals surface area contributed by atoms with Crippen molar-refractivity contribution in [1.29, 1.82) is 0 Å². The van der Waals surface area contributed by atoms with Crippen molar-refractivity contribution < 1.29 is 4.74 Å². The van der Waals surface area contributed by atoms with Gasteiger partial charge in [0, 0.05) is 17.4 Å². The molecule has 0 aliphatic carbocycles. The number of hydrogen-bond donors (Lipinski definition) is 1. The zero-order valence-electron chi connectivity index (χ0n) is 17.6. The molecule has 0 spiro atoms. The number of aromatic nitrogens is 4. The summed E-state index contributed by atoms with van der Waals surface area (Å²) in [6, 6.07) is 15.1. The Bertz CT molecular complexity index is 1280. The van der Waals surface area contributed by atoms with Crippen LogP contribution in [0.1, 0.15) is 30.9 Å². The lowest BCUT2D eigenvalue weighted by Gasteiger charge is -2.15. The Kier molecular flexibility index (Phi) is 6.34. The molecular formula is C23H23ClN4O2S. The van der Waals surface area contributed by atoms with Gasteiger partial charge in [-0.25, -0.2) is 14.5 Å². The molecule has 0 saturated heterocycles. The fourth-order valence-corrected chi connectivity index (χ4v) is 4.26. The third kappa shape index (κ3) is 4.78. The van der Waals surface area contributed by atoms with Crippen molar-refractivity contribution in [3.05, 3.63) is 75.0 Å². The number of nitrogens with one attached hydrogen (secondary N) is 1. The lowest BCUT2D eigenvalue weighted by atomic mass is 10.0. The molecular weight excluding hydrogens is 432 g/mol. The second-order valence-electron chi connectivity index (χ2n) is 7.52. The van der Waals surface area contributed by atoms with Crippen molar-refractivity contribution in [1.82, 2.24) is 19.6 Å². The number of aromatic amines is 1. The molecule has 1 N–H and O–H groups in total. The third-order valence-electron chi connectivity index (χ3n) is 4.80. The number of nitrogens with zero attached hydrogens (tertiary/aromatic N) is 3. The van der Waals surface area contributed by atoms with Crippen LogP contribution in [0.5, 0.6) is 5.75 Å². The maximum Gasteiger partial charge on any atom is 0.266 e. The van der Waals surface area contributed by atoms with Gasteiger partial charge in [-0.2, -0.15) is 0 Å². The Balaban J connectivity index is 1.56. The predicted molar refractivity (Wildman–Crippen MR) is 126 cm³/mol. The van der Waals surface area contributed by atoms with Gasteiger partial charge in [-0.05, 0) is 42.2 Å². The van der Waals surface area contributed by atoms with E-state index in [9.17, 15) is 4.79 Å². The molecule has 0 amide bonds. The van der Waals surface area contributed by atoms with Gasteiger partial charge in [0.05, 0.1) is 11.6 Å². The number of H-pyrrole nitrogens is 1. The van der Waals surface area contributed by atoms with Crippen LogP contribution in [0.2, 0.25) is 5.02 Å². The van der Waals surface area contributed by atoms with Gasteiger partial charge in [-0.15, -0.1) is 0 Å². The summed E-state index contributed by atoms with van der Waals surface area (Å²) in [5, 5.41) is 3.94. The highest BCUT2D eigenvalue weighted by molar-refractivity contribution is 7.99. The molecule has 4 rings (SSSR count). The lowest BCUT2D eigenvalue weighted by Crippen LogP contribution is -2.07. The zero-order chi connectivity index (χ0) is 22.0. The molecule has 2 aromatic carbocycles. The molecule has 2 heterocycles. The summed E-state index contributed by atoms with van der Waals surface area (Å²) in [5.41, 5.74) is 3.35. The van der Waals surface area contributed by atoms with Crippen molar-refractivity contribution in [3.8, 4) is 17.1 Å². The zero-order valence-corrected chi connectivity index (χ0v) is 19.1. The molecule has 0 atom stereocenters. The minimum Gasteiger partial charge on any atom is -0.492 e. The van der Waals surface area contributed by atoms with E-state index in [0.29, 0.717) is 39.9 Å². The fraction of sp³-hybridized carbons (Fsp3) is 0.261. The first kappa shape index (κ1) is 21.5. The average molecular weight is 455 g/mol. The van der Waals surface area contributed by atoms with Crippen LogP contribution >= 0.6 is 23.4 Å². The van der Waals surface area contributed by atoms with Gasteiger partial charge in [0.2, 0.25) is 0 Å². The first-order valence-corrected chi connectivity index (χ1v) is 11.4. The van der Waals surface area contributed by atoms with E-state index in [0.717, 1.165) is 11.3 Å². The van der Waals surface area contributed by atoms with Crippen LogP contribution in [0.4, 0.5) is 0 Å². The van der Waals surface area contributed by atoms with Gasteiger partial charge < -0.3 is 4.74 Å². The third-order valence-corrected chi connectivity index (χ3v) is 6.03. The number of hydrogen-bond acceptors (Lipinski definition) is 5. The predicted octanol–water partition coefficient (Wildman–Crippen LogP) is 5.34. The number of aryl methyl sites for hydroxylation is 1. The molecule has 0 saturated carbocycles. The normalized spacial score (nSPS) is 11.4. The molecule has 0 unspecified atom stereocenters. The Labute approximate surface area is 189 Å². The molecule has 31 heavy (non-hydrogen) atoms. The minimum absolute atomic E-state index is 0.231. The summed E-state index contributed by atoms with van der Waals surface area (Å²) in [4.78, 5) is 21.1. The largest absolute Gasteiger partial charge is 0.492 e. The standard InChI is InChI=1S/C23H23ClN4O2S/c1-14(2)16-9-8-15(3)12-19(16)30-10-11-31-23-26-22(17-6-4-5-7-18(17)24)25-20-13-21(29)27-28(20)23/h4-9,12-14H,10-11H2,1-3H3,(H,27,29). The molecule has 4 aromatic rings. The van der Waals surface area contributed by atoms with Crippen molar-refractivity contribution in [2.75, 3.05) is 12.4 Å². The van der Waals surface area contributed by atoms with Gasteiger partial charge in [-0.1, -0.05) is 61.5 Å². The van der Waals surface area contributed by atoms with Crippen molar-refractivity contribution >= 4 is 29.0 Å². The number of ether oxygens (including phenoxy) is 1. The van der Waals surface area contributed by atoms with E-state index in [1.165, 1.54) is 29.0 Å². The molecule has 6 nitrogen and oxygen atoms in total. The van der Waals surface area contributed by atoms with E-state index in [-0.39, 0.29) is 5.56 Å². The Morgan fingerprint density at radius 2 is 1.97 bits per heavy atom. The van der Waals surface area contributed by atoms with Gasteiger partial charge in [0.25, 0.3) is 5.56 Å². The van der Waals surface area contributed by atoms with E-state index >= 15 is 0 Å². The second-order valence-corrected chi connectivity index (χ2v) is 8.99. The maximum absolute atomic E-state index is 11.9. The van der Waals surface area contributed by atoms with E-state index in [4.69, 9.17) is 16.3 Å². The van der Waals surface area contributed by atoms with E-state index in [2.05, 4.69) is 54.0 Å². The average Bonchev–Trinajstić information content (AvgIpc) is 3.11. The molecule has 0 radical (unpaired) electrons. The smallest absolute Gasteiger partial charge is 0.266 e. The molecule has 0 aliphatic rings. The summed E-state index contributed by atoms with van der Waals surface area (Å²) in [6.07, 6.45) is 0. The molecule has 0 bridgehead atoms. The Morgan fingerprint density at radius 3 is 2.74 bits per heavy atom. The van der Waals surface area contributed by atoms with E-state index in [1.807, 2.05) is 18.2 Å². The summed E-state index contributed by atoms with van der Waals surface area (Å²) >= 11 is 7.82. The highest BCUT2D eigenvalue weighted by atomic mass is 35.5. The molecule has 160 valence electrons. The summed E-state index contributed by atoms with van der Waals surface area (Å²) in [7, 11) is 0. The maximum atomic E-state index is 11.9. The molecule has 0 aliphatic heterocycles. The van der Waals surface area contributed by atoms with Gasteiger partial charge in [0.1, 0.15) is 5.75 Å². The SMILES string of the molecule is Cc1ccc(C(C)C)c(OCCSc2nc(-c3ccccc3Cl)nc3cc(=O)[nH]n23)c1. The van der Waals surface area contributed by atoms with Crippen LogP contribution < -0.4 is 10.3 Å². The molecule has 2 aromatic heterocycles. The number of halogens is 1. The Morgan fingerprint density at radius 1 is 1.16 bits per heavy atom. The van der Waals surface area contributed by atoms with Crippen LogP contribution in [0.25, 0.3) is 17.0 Å². The minimum atomic E-state index is -0.231. The van der Waals surface area contributed by atoms with Crippen LogP contribution in [0.15, 0.2) is 58.5 Å². The number of benzene rings is 2. The van der Waals surface area contributed by atoms with Crippen LogP contribution in [-0.2, 0) is 0 Å². The summed E-state index contributed by atoms with van der Waals surface area (Å²) < 4.78 is 7.68. The number of thioether (sulfide) groups is 1. The monoisotopic (exact) mass is 454 g/mol. The van der Waals surface area contributed by atoms with Gasteiger partial charge >= 0.3 is 0 Å². The van der Waals surface area contributed by atoms with Gasteiger partial charge in [0.15, 0.2) is 16.6 Å². The van der Waals surface area contributed by atoms with Crippen molar-refractivity contribution in [2.24, 2.45) is 0 Å². The quantitative estimate of drug-likeness (QED) is 0.301. The first-order valence-electron chi connectivity index (χ1n) is 10.0. The van der Waals surface area contributed by atoms with E-state index in [1.54, 1.807) is 10.6 Å². The highest BCUT2D eigenvalue weighted by Gasteiger charge is 2.14. The summed E-state index contributed by atoms with van der Waals surface area (Å²) in [6.45, 7) is 6.87. The van der Waals surface area contributed by atoms with Gasteiger partial charge in [-0.3, -0.25) is 9.89 Å². The number of rotatable bonds is 7. The fourth-order valence-electron chi connectivity index (χ4n) is 3.27. The topological polar surface area (TPSA) is 72.3 Å². The van der Waals surface area contributed by atoms with Crippen molar-refractivity contribution in [3.63, 3.8) is 0 Å². The van der Waals surface area contributed by atoms with E-state index < -0.39 is 0 Å². The molecule has 8 heteroatoms. The Hall–Kier alpha value is -2.77. The lowest BCUT2D eigenvalue weighted by molar-refractivity contribution is 0.338. The number of fused-ring (bicyclic) bond motifs is 1. The van der Waals surface area contributed by atoms with Crippen LogP contribution in [-0.4, -0.2) is 31.9 Å². The summed E-state index contributed by atoms with van der Waals surface area (Å²) in [5.74, 6) is 2.43. The molecule has 0 fully saturated rings. The second kappa shape index (κ2) is 9.16. The van der Waals surface area contributed by atoms with Crippen molar-refractivity contribution in [2.45, 2.75) is 31.8 Å².